The number of imidazole rings is 1. The van der Waals surface area contributed by atoms with Crippen molar-refractivity contribution in [2.24, 2.45) is 0 Å². The summed E-state index contributed by atoms with van der Waals surface area (Å²) in [6, 6.07) is 8.57. The van der Waals surface area contributed by atoms with Crippen molar-refractivity contribution in [3.8, 4) is 28.9 Å². The minimum absolute atomic E-state index is 0.165. The van der Waals surface area contributed by atoms with Gasteiger partial charge in [0.25, 0.3) is 0 Å². The van der Waals surface area contributed by atoms with Gasteiger partial charge in [-0.2, -0.15) is 0 Å². The molecule has 0 saturated heterocycles. The molecule has 3 heterocycles. The highest BCUT2D eigenvalue weighted by atomic mass is 16.6. The molecule has 3 aromatic heterocycles. The van der Waals surface area contributed by atoms with Crippen molar-refractivity contribution in [3.05, 3.63) is 36.5 Å². The van der Waals surface area contributed by atoms with Crippen molar-refractivity contribution in [1.29, 1.82) is 0 Å². The second kappa shape index (κ2) is 7.58. The summed E-state index contributed by atoms with van der Waals surface area (Å²) < 4.78 is 17.7. The zero-order valence-electron chi connectivity index (χ0n) is 15.8. The molecule has 1 aromatic carbocycles. The summed E-state index contributed by atoms with van der Waals surface area (Å²) in [5.41, 5.74) is 7.63. The molecule has 148 valence electrons. The fourth-order valence-electron chi connectivity index (χ4n) is 2.84. The molecule has 2 N–H and O–H groups in total. The Morgan fingerprint density at radius 3 is 2.76 bits per heavy atom. The summed E-state index contributed by atoms with van der Waals surface area (Å²) in [5.74, 6) is 1.65. The maximum Gasteiger partial charge on any atom is 0.310 e. The van der Waals surface area contributed by atoms with Gasteiger partial charge in [-0.25, -0.2) is 14.6 Å². The fraction of sp³-hybridized carbons (Fsp3) is 0.211. The number of esters is 1. The number of anilines is 1. The van der Waals surface area contributed by atoms with Crippen LogP contribution in [0, 0.1) is 0 Å². The predicted molar refractivity (Wildman–Crippen MR) is 103 cm³/mol. The van der Waals surface area contributed by atoms with E-state index < -0.39 is 0 Å². The summed E-state index contributed by atoms with van der Waals surface area (Å²) >= 11 is 0. The Bertz CT molecular complexity index is 1180. The highest BCUT2D eigenvalue weighted by Crippen LogP contribution is 2.30. The third-order valence-electron chi connectivity index (χ3n) is 4.20. The average molecular weight is 394 g/mol. The van der Waals surface area contributed by atoms with Crippen LogP contribution >= 0.6 is 0 Å². The largest absolute Gasteiger partial charge is 0.439 e. The molecular formula is C19H18N6O4. The molecule has 0 fully saturated rings. The van der Waals surface area contributed by atoms with Gasteiger partial charge in [-0.3, -0.25) is 4.79 Å². The van der Waals surface area contributed by atoms with Gasteiger partial charge in [-0.15, -0.1) is 0 Å². The molecule has 0 aliphatic rings. The number of ether oxygens (including phenoxy) is 2. The van der Waals surface area contributed by atoms with Gasteiger partial charge in [0.1, 0.15) is 17.0 Å². The lowest BCUT2D eigenvalue weighted by molar-refractivity contribution is -0.134. The molecule has 29 heavy (non-hydrogen) atoms. The molecule has 4 rings (SSSR count). The van der Waals surface area contributed by atoms with Crippen LogP contribution in [0.1, 0.15) is 20.3 Å². The number of pyridine rings is 1. The molecular weight excluding hydrogens is 376 g/mol. The number of rotatable bonds is 6. The van der Waals surface area contributed by atoms with E-state index in [4.69, 9.17) is 19.8 Å². The molecule has 0 aliphatic carbocycles. The van der Waals surface area contributed by atoms with Crippen molar-refractivity contribution in [3.63, 3.8) is 0 Å². The minimum Gasteiger partial charge on any atom is -0.439 e. The first kappa shape index (κ1) is 18.4. The number of hydrogen-bond donors (Lipinski definition) is 1. The Hall–Kier alpha value is -3.95. The van der Waals surface area contributed by atoms with Crippen molar-refractivity contribution in [2.75, 3.05) is 5.73 Å². The van der Waals surface area contributed by atoms with Gasteiger partial charge in [0, 0.05) is 25.1 Å². The Labute approximate surface area is 165 Å². The smallest absolute Gasteiger partial charge is 0.310 e. The zero-order valence-corrected chi connectivity index (χ0v) is 15.8. The van der Waals surface area contributed by atoms with Crippen LogP contribution in [0.25, 0.3) is 22.6 Å². The molecule has 0 bridgehead atoms. The molecule has 0 amide bonds. The van der Waals surface area contributed by atoms with Gasteiger partial charge in [0.15, 0.2) is 17.3 Å². The van der Waals surface area contributed by atoms with Crippen LogP contribution in [-0.4, -0.2) is 30.8 Å². The standard InChI is InChI=1S/C19H18N6O4/c1-3-16(26)28-12-7-5-6-11(8-12)27-15-9-14-13(10-21-15)22-19(25(14)4-2)17-18(20)24-29-23-17/h5-10H,3-4H2,1-2H3,(H2,20,24). The molecule has 10 heteroatoms. The van der Waals surface area contributed by atoms with Crippen molar-refractivity contribution < 1.29 is 18.9 Å². The topological polar surface area (TPSA) is 131 Å². The molecule has 0 unspecified atom stereocenters. The summed E-state index contributed by atoms with van der Waals surface area (Å²) in [6.45, 7) is 4.32. The van der Waals surface area contributed by atoms with Crippen LogP contribution in [0.2, 0.25) is 0 Å². The molecule has 10 nitrogen and oxygen atoms in total. The first-order chi connectivity index (χ1) is 14.1. The number of aryl methyl sites for hydroxylation is 1. The van der Waals surface area contributed by atoms with Crippen LogP contribution < -0.4 is 15.2 Å². The number of carbonyl (C=O) groups is 1. The third kappa shape index (κ3) is 3.59. The number of hydrogen-bond acceptors (Lipinski definition) is 9. The molecule has 0 aliphatic heterocycles. The van der Waals surface area contributed by atoms with E-state index >= 15 is 0 Å². The summed E-state index contributed by atoms with van der Waals surface area (Å²) in [5, 5.41) is 7.44. The Balaban J connectivity index is 1.67. The Morgan fingerprint density at radius 2 is 2.03 bits per heavy atom. The van der Waals surface area contributed by atoms with Crippen LogP contribution in [0.3, 0.4) is 0 Å². The first-order valence-corrected chi connectivity index (χ1v) is 9.02. The van der Waals surface area contributed by atoms with Gasteiger partial charge in [-0.05, 0) is 29.4 Å². The SMILES string of the molecule is CCC(=O)Oc1cccc(Oc2cc3c(cn2)nc(-c2nonc2N)n3CC)c1. The number of fused-ring (bicyclic) bond motifs is 1. The predicted octanol–water partition coefficient (Wildman–Crippen LogP) is 3.19. The zero-order chi connectivity index (χ0) is 20.4. The van der Waals surface area contributed by atoms with Gasteiger partial charge in [-0.1, -0.05) is 13.0 Å². The van der Waals surface area contributed by atoms with Gasteiger partial charge < -0.3 is 19.8 Å². The van der Waals surface area contributed by atoms with E-state index in [1.54, 1.807) is 43.5 Å². The highest BCUT2D eigenvalue weighted by molar-refractivity contribution is 5.81. The summed E-state index contributed by atoms with van der Waals surface area (Å²) in [4.78, 5) is 20.3. The van der Waals surface area contributed by atoms with Crippen LogP contribution in [0.15, 0.2) is 41.2 Å². The van der Waals surface area contributed by atoms with E-state index in [1.807, 2.05) is 11.5 Å². The monoisotopic (exact) mass is 394 g/mol. The van der Waals surface area contributed by atoms with Crippen LogP contribution in [0.4, 0.5) is 5.82 Å². The molecule has 4 aromatic rings. The number of aromatic nitrogens is 5. The average Bonchev–Trinajstić information content (AvgIpc) is 3.30. The third-order valence-corrected chi connectivity index (χ3v) is 4.20. The first-order valence-electron chi connectivity index (χ1n) is 9.02. The number of nitrogens with two attached hydrogens (primary N) is 1. The number of nitrogens with zero attached hydrogens (tertiary/aromatic N) is 5. The fourth-order valence-corrected chi connectivity index (χ4v) is 2.84. The van der Waals surface area contributed by atoms with Crippen LogP contribution in [0.5, 0.6) is 17.4 Å². The van der Waals surface area contributed by atoms with E-state index in [0.717, 1.165) is 5.52 Å². The second-order valence-electron chi connectivity index (χ2n) is 6.09. The lowest BCUT2D eigenvalue weighted by Crippen LogP contribution is -2.05. The van der Waals surface area contributed by atoms with E-state index in [9.17, 15) is 4.79 Å². The maximum atomic E-state index is 11.5. The van der Waals surface area contributed by atoms with Crippen molar-refractivity contribution in [2.45, 2.75) is 26.8 Å². The number of benzene rings is 1. The van der Waals surface area contributed by atoms with Crippen molar-refractivity contribution >= 4 is 22.8 Å². The van der Waals surface area contributed by atoms with E-state index in [1.165, 1.54) is 0 Å². The van der Waals surface area contributed by atoms with Gasteiger partial charge in [0.2, 0.25) is 5.88 Å². The van der Waals surface area contributed by atoms with Gasteiger partial charge in [0.05, 0.1) is 11.7 Å². The van der Waals surface area contributed by atoms with E-state index in [2.05, 4.69) is 20.3 Å². The molecule has 0 saturated carbocycles. The lowest BCUT2D eigenvalue weighted by Gasteiger charge is -2.08. The Kier molecular flexibility index (Phi) is 4.82. The lowest BCUT2D eigenvalue weighted by atomic mass is 10.3. The number of nitrogen functional groups attached to an aromatic ring is 1. The van der Waals surface area contributed by atoms with Crippen molar-refractivity contribution in [1.82, 2.24) is 24.8 Å². The summed E-state index contributed by atoms with van der Waals surface area (Å²) in [6.07, 6.45) is 1.89. The molecule has 0 radical (unpaired) electrons. The van der Waals surface area contributed by atoms with Gasteiger partial charge >= 0.3 is 5.97 Å². The molecule has 0 spiro atoms. The normalized spacial score (nSPS) is 11.0. The maximum absolute atomic E-state index is 11.5. The van der Waals surface area contributed by atoms with E-state index in [0.29, 0.717) is 41.0 Å². The quantitative estimate of drug-likeness (QED) is 0.387. The molecule has 0 atom stereocenters. The minimum atomic E-state index is -0.317. The Morgan fingerprint density at radius 1 is 1.21 bits per heavy atom. The van der Waals surface area contributed by atoms with E-state index in [-0.39, 0.29) is 18.2 Å². The second-order valence-corrected chi connectivity index (χ2v) is 6.09. The van der Waals surface area contributed by atoms with Crippen LogP contribution in [-0.2, 0) is 11.3 Å². The number of carbonyl (C=O) groups excluding carboxylic acids is 1. The summed E-state index contributed by atoms with van der Waals surface area (Å²) in [7, 11) is 0. The highest BCUT2D eigenvalue weighted by Gasteiger charge is 2.19.